The minimum atomic E-state index is -1.14. The number of carbonyl (C=O) groups excluding carboxylic acids is 2. The molecule has 7 heteroatoms. The molecule has 0 bridgehead atoms. The number of esters is 1. The lowest BCUT2D eigenvalue weighted by atomic mass is 10.1. The van der Waals surface area contributed by atoms with Crippen molar-refractivity contribution in [1.29, 1.82) is 0 Å². The molecule has 108 valence electrons. The molecule has 0 aromatic heterocycles. The van der Waals surface area contributed by atoms with Crippen molar-refractivity contribution < 1.29 is 24.2 Å². The number of hydrogen-bond donors (Lipinski definition) is 2. The maximum Gasteiger partial charge on any atom is 0.337 e. The zero-order chi connectivity index (χ0) is 15.1. The molecule has 0 aliphatic heterocycles. The van der Waals surface area contributed by atoms with E-state index in [1.165, 1.54) is 12.1 Å². The van der Waals surface area contributed by atoms with E-state index in [9.17, 15) is 14.4 Å². The molecule has 0 atom stereocenters. The van der Waals surface area contributed by atoms with E-state index in [-0.39, 0.29) is 30.7 Å². The van der Waals surface area contributed by atoms with Crippen LogP contribution in [-0.2, 0) is 14.3 Å². The third-order valence-corrected chi connectivity index (χ3v) is 2.84. The van der Waals surface area contributed by atoms with Crippen molar-refractivity contribution >= 4 is 39.5 Å². The summed E-state index contributed by atoms with van der Waals surface area (Å²) in [6.07, 6.45) is -0.111. The SMILES string of the molecule is CCOC(=O)CCC(=O)Nc1cc(Br)ccc1C(=O)O. The average molecular weight is 344 g/mol. The molecular weight excluding hydrogens is 330 g/mol. The van der Waals surface area contributed by atoms with E-state index in [4.69, 9.17) is 9.84 Å². The smallest absolute Gasteiger partial charge is 0.337 e. The number of aromatic carboxylic acids is 1. The van der Waals surface area contributed by atoms with E-state index in [2.05, 4.69) is 21.2 Å². The van der Waals surface area contributed by atoms with Gasteiger partial charge in [-0.3, -0.25) is 9.59 Å². The van der Waals surface area contributed by atoms with Crippen LogP contribution in [0, 0.1) is 0 Å². The van der Waals surface area contributed by atoms with Crippen molar-refractivity contribution in [2.24, 2.45) is 0 Å². The quantitative estimate of drug-likeness (QED) is 0.773. The fraction of sp³-hybridized carbons (Fsp3) is 0.308. The number of nitrogens with one attached hydrogen (secondary N) is 1. The van der Waals surface area contributed by atoms with Gasteiger partial charge in [0.1, 0.15) is 0 Å². The Morgan fingerprint density at radius 1 is 1.30 bits per heavy atom. The van der Waals surface area contributed by atoms with Crippen LogP contribution in [0.3, 0.4) is 0 Å². The third-order valence-electron chi connectivity index (χ3n) is 2.35. The fourth-order valence-electron chi connectivity index (χ4n) is 1.47. The first-order chi connectivity index (χ1) is 9.43. The standard InChI is InChI=1S/C13H14BrNO5/c1-2-20-12(17)6-5-11(16)15-10-7-8(14)3-4-9(10)13(18)19/h3-4,7H,2,5-6H2,1H3,(H,15,16)(H,18,19). The van der Waals surface area contributed by atoms with E-state index in [0.717, 1.165) is 0 Å². The minimum Gasteiger partial charge on any atom is -0.478 e. The van der Waals surface area contributed by atoms with Gasteiger partial charge in [-0.25, -0.2) is 4.79 Å². The van der Waals surface area contributed by atoms with Crippen LogP contribution in [-0.4, -0.2) is 29.6 Å². The number of carbonyl (C=O) groups is 3. The van der Waals surface area contributed by atoms with Crippen LogP contribution in [0.15, 0.2) is 22.7 Å². The zero-order valence-electron chi connectivity index (χ0n) is 10.8. The Balaban J connectivity index is 2.68. The van der Waals surface area contributed by atoms with Crippen LogP contribution < -0.4 is 5.32 Å². The van der Waals surface area contributed by atoms with Crippen molar-refractivity contribution in [3.8, 4) is 0 Å². The molecule has 20 heavy (non-hydrogen) atoms. The number of halogens is 1. The van der Waals surface area contributed by atoms with E-state index < -0.39 is 17.8 Å². The molecule has 0 fully saturated rings. The predicted molar refractivity (Wildman–Crippen MR) is 75.6 cm³/mol. The second-order valence-electron chi connectivity index (χ2n) is 3.85. The molecule has 6 nitrogen and oxygen atoms in total. The van der Waals surface area contributed by atoms with E-state index in [1.54, 1.807) is 13.0 Å². The highest BCUT2D eigenvalue weighted by molar-refractivity contribution is 9.10. The molecule has 0 heterocycles. The first-order valence-corrected chi connectivity index (χ1v) is 6.71. The normalized spacial score (nSPS) is 9.90. The van der Waals surface area contributed by atoms with Gasteiger partial charge in [-0.2, -0.15) is 0 Å². The van der Waals surface area contributed by atoms with Gasteiger partial charge in [0.25, 0.3) is 0 Å². The number of anilines is 1. The molecule has 1 rings (SSSR count). The Morgan fingerprint density at radius 3 is 2.60 bits per heavy atom. The molecule has 0 aliphatic rings. The van der Waals surface area contributed by atoms with E-state index in [0.29, 0.717) is 4.47 Å². The van der Waals surface area contributed by atoms with Gasteiger partial charge in [0.05, 0.1) is 24.3 Å². The molecule has 0 aliphatic carbocycles. The highest BCUT2D eigenvalue weighted by Gasteiger charge is 2.14. The predicted octanol–water partition coefficient (Wildman–Crippen LogP) is 2.43. The monoisotopic (exact) mass is 343 g/mol. The number of carboxylic acids is 1. The summed E-state index contributed by atoms with van der Waals surface area (Å²) in [4.78, 5) is 33.8. The summed E-state index contributed by atoms with van der Waals surface area (Å²) in [5.74, 6) is -2.05. The van der Waals surface area contributed by atoms with Gasteiger partial charge < -0.3 is 15.2 Å². The molecule has 1 aromatic rings. The Hall–Kier alpha value is -1.89. The number of benzene rings is 1. The number of rotatable bonds is 6. The molecular formula is C13H14BrNO5. The Labute approximate surface area is 124 Å². The number of hydrogen-bond acceptors (Lipinski definition) is 4. The zero-order valence-corrected chi connectivity index (χ0v) is 12.4. The Kier molecular flexibility index (Phi) is 6.17. The highest BCUT2D eigenvalue weighted by Crippen LogP contribution is 2.21. The Morgan fingerprint density at radius 2 is 2.00 bits per heavy atom. The van der Waals surface area contributed by atoms with Gasteiger partial charge in [-0.15, -0.1) is 0 Å². The summed E-state index contributed by atoms with van der Waals surface area (Å²) in [6, 6.07) is 4.44. The fourth-order valence-corrected chi connectivity index (χ4v) is 1.83. The van der Waals surface area contributed by atoms with Gasteiger partial charge in [-0.05, 0) is 25.1 Å². The largest absolute Gasteiger partial charge is 0.478 e. The summed E-state index contributed by atoms with van der Waals surface area (Å²) >= 11 is 3.20. The van der Waals surface area contributed by atoms with Crippen molar-refractivity contribution in [3.63, 3.8) is 0 Å². The lowest BCUT2D eigenvalue weighted by Gasteiger charge is -2.09. The minimum absolute atomic E-state index is 0.0160. The molecule has 1 amide bonds. The molecule has 0 unspecified atom stereocenters. The highest BCUT2D eigenvalue weighted by atomic mass is 79.9. The van der Waals surface area contributed by atoms with Crippen LogP contribution in [0.1, 0.15) is 30.1 Å². The van der Waals surface area contributed by atoms with Crippen LogP contribution in [0.5, 0.6) is 0 Å². The van der Waals surface area contributed by atoms with E-state index >= 15 is 0 Å². The van der Waals surface area contributed by atoms with Gasteiger partial charge in [0.2, 0.25) is 5.91 Å². The summed E-state index contributed by atoms with van der Waals surface area (Å²) in [5.41, 5.74) is 0.165. The summed E-state index contributed by atoms with van der Waals surface area (Å²) in [5, 5.41) is 11.5. The van der Waals surface area contributed by atoms with Crippen molar-refractivity contribution in [1.82, 2.24) is 0 Å². The lowest BCUT2D eigenvalue weighted by Crippen LogP contribution is -2.16. The molecule has 0 radical (unpaired) electrons. The summed E-state index contributed by atoms with van der Waals surface area (Å²) in [7, 11) is 0. The van der Waals surface area contributed by atoms with Gasteiger partial charge in [0, 0.05) is 10.9 Å². The summed E-state index contributed by atoms with van der Waals surface area (Å²) in [6.45, 7) is 1.94. The first kappa shape index (κ1) is 16.2. The van der Waals surface area contributed by atoms with Gasteiger partial charge >= 0.3 is 11.9 Å². The van der Waals surface area contributed by atoms with Crippen molar-refractivity contribution in [3.05, 3.63) is 28.2 Å². The second-order valence-corrected chi connectivity index (χ2v) is 4.76. The number of carboxylic acid groups (broad SMARTS) is 1. The second kappa shape index (κ2) is 7.64. The van der Waals surface area contributed by atoms with Gasteiger partial charge in [-0.1, -0.05) is 15.9 Å². The Bertz CT molecular complexity index is 529. The lowest BCUT2D eigenvalue weighted by molar-refractivity contribution is -0.144. The summed E-state index contributed by atoms with van der Waals surface area (Å²) < 4.78 is 5.34. The van der Waals surface area contributed by atoms with Crippen molar-refractivity contribution in [2.45, 2.75) is 19.8 Å². The topological polar surface area (TPSA) is 92.7 Å². The molecule has 1 aromatic carbocycles. The van der Waals surface area contributed by atoms with Gasteiger partial charge in [0.15, 0.2) is 0 Å². The number of ether oxygens (including phenoxy) is 1. The van der Waals surface area contributed by atoms with Crippen LogP contribution in [0.25, 0.3) is 0 Å². The first-order valence-electron chi connectivity index (χ1n) is 5.92. The van der Waals surface area contributed by atoms with Crippen molar-refractivity contribution in [2.75, 3.05) is 11.9 Å². The van der Waals surface area contributed by atoms with Crippen LogP contribution in [0.2, 0.25) is 0 Å². The maximum absolute atomic E-state index is 11.7. The third kappa shape index (κ3) is 5.00. The van der Waals surface area contributed by atoms with E-state index in [1.807, 2.05) is 0 Å². The molecule has 0 saturated carbocycles. The molecule has 2 N–H and O–H groups in total. The molecule has 0 spiro atoms. The maximum atomic E-state index is 11.7. The number of amides is 1. The van der Waals surface area contributed by atoms with Crippen LogP contribution >= 0.6 is 15.9 Å². The average Bonchev–Trinajstić information content (AvgIpc) is 2.36. The molecule has 0 saturated heterocycles. The van der Waals surface area contributed by atoms with Crippen LogP contribution in [0.4, 0.5) is 5.69 Å².